The molecule has 0 radical (unpaired) electrons. The lowest BCUT2D eigenvalue weighted by Crippen LogP contribution is -2.35. The molecule has 0 fully saturated rings. The maximum absolute atomic E-state index is 13.4. The second kappa shape index (κ2) is 9.72. The van der Waals surface area contributed by atoms with Gasteiger partial charge in [0.2, 0.25) is 21.1 Å². The van der Waals surface area contributed by atoms with E-state index in [9.17, 15) is 21.6 Å². The maximum atomic E-state index is 13.4. The van der Waals surface area contributed by atoms with Crippen molar-refractivity contribution in [3.63, 3.8) is 0 Å². The Morgan fingerprint density at radius 1 is 0.559 bits per heavy atom. The predicted octanol–water partition coefficient (Wildman–Crippen LogP) is 4.74. The lowest BCUT2D eigenvalue weighted by atomic mass is 10.0. The van der Waals surface area contributed by atoms with Crippen LogP contribution in [0.25, 0.3) is 11.1 Å². The van der Waals surface area contributed by atoms with Gasteiger partial charge in [-0.05, 0) is 35.4 Å². The fourth-order valence-electron chi connectivity index (χ4n) is 3.32. The molecule has 6 nitrogen and oxygen atoms in total. The number of carbonyl (C=O) groups is 1. The standard InChI is InChI=1S/C26H20O6S2/c27-25(22-18-16-21(17-19-22)20-10-4-1-5-11-20)26(33(28,29)23-12-6-2-7-13-23)32-34(30,31)24-14-8-3-9-15-24/h1-19,26H. The van der Waals surface area contributed by atoms with Crippen LogP contribution in [0.1, 0.15) is 10.4 Å². The molecule has 0 saturated heterocycles. The Bertz CT molecular complexity index is 1480. The van der Waals surface area contributed by atoms with Gasteiger partial charge < -0.3 is 0 Å². The summed E-state index contributed by atoms with van der Waals surface area (Å²) in [5.74, 6) is -0.983. The summed E-state index contributed by atoms with van der Waals surface area (Å²) in [4.78, 5) is 12.9. The van der Waals surface area contributed by atoms with Crippen LogP contribution < -0.4 is 0 Å². The molecule has 0 aliphatic rings. The van der Waals surface area contributed by atoms with Crippen LogP contribution in [0.3, 0.4) is 0 Å². The van der Waals surface area contributed by atoms with Crippen molar-refractivity contribution in [1.82, 2.24) is 0 Å². The fourth-order valence-corrected chi connectivity index (χ4v) is 6.17. The third-order valence-corrected chi connectivity index (χ3v) is 8.31. The highest BCUT2D eigenvalue weighted by atomic mass is 32.2. The van der Waals surface area contributed by atoms with E-state index in [2.05, 4.69) is 0 Å². The van der Waals surface area contributed by atoms with Crippen LogP contribution in [0, 0.1) is 0 Å². The Morgan fingerprint density at radius 3 is 1.53 bits per heavy atom. The molecule has 4 aromatic rings. The molecular formula is C26H20O6S2. The van der Waals surface area contributed by atoms with Crippen molar-refractivity contribution >= 4 is 25.7 Å². The van der Waals surface area contributed by atoms with Crippen LogP contribution in [0.2, 0.25) is 0 Å². The van der Waals surface area contributed by atoms with Gasteiger partial charge in [0.1, 0.15) is 0 Å². The number of ketones is 1. The van der Waals surface area contributed by atoms with Crippen molar-refractivity contribution in [2.45, 2.75) is 15.2 Å². The summed E-state index contributed by atoms with van der Waals surface area (Å²) >= 11 is 0. The van der Waals surface area contributed by atoms with Crippen molar-refractivity contribution in [2.75, 3.05) is 0 Å². The molecule has 4 rings (SSSR count). The predicted molar refractivity (Wildman–Crippen MR) is 128 cm³/mol. The van der Waals surface area contributed by atoms with Gasteiger partial charge in [-0.1, -0.05) is 91.0 Å². The average molecular weight is 493 g/mol. The molecule has 0 amide bonds. The summed E-state index contributed by atoms with van der Waals surface area (Å²) in [6.07, 6.45) is 0. The van der Waals surface area contributed by atoms with Crippen molar-refractivity contribution in [1.29, 1.82) is 0 Å². The number of benzene rings is 4. The Balaban J connectivity index is 1.74. The van der Waals surface area contributed by atoms with E-state index in [-0.39, 0.29) is 15.4 Å². The van der Waals surface area contributed by atoms with Gasteiger partial charge in [-0.3, -0.25) is 4.79 Å². The van der Waals surface area contributed by atoms with Gasteiger partial charge in [0.15, 0.2) is 0 Å². The average Bonchev–Trinajstić information content (AvgIpc) is 2.88. The molecule has 34 heavy (non-hydrogen) atoms. The molecule has 1 unspecified atom stereocenters. The highest BCUT2D eigenvalue weighted by Gasteiger charge is 2.40. The smallest absolute Gasteiger partial charge is 0.290 e. The molecule has 0 N–H and O–H groups in total. The highest BCUT2D eigenvalue weighted by molar-refractivity contribution is 7.94. The minimum atomic E-state index is -4.55. The molecule has 1 atom stereocenters. The van der Waals surface area contributed by atoms with Gasteiger partial charge in [0, 0.05) is 5.56 Å². The van der Waals surface area contributed by atoms with E-state index in [1.807, 2.05) is 30.3 Å². The van der Waals surface area contributed by atoms with Crippen molar-refractivity contribution < 1.29 is 25.8 Å². The van der Waals surface area contributed by atoms with Crippen LogP contribution in [0.4, 0.5) is 0 Å². The first-order valence-corrected chi connectivity index (χ1v) is 13.2. The Hall–Kier alpha value is -3.59. The summed E-state index contributed by atoms with van der Waals surface area (Å²) in [5, 5.41) is 0. The largest absolute Gasteiger partial charge is 0.298 e. The molecule has 4 aromatic carbocycles. The Labute approximate surface area is 198 Å². The molecule has 0 bridgehead atoms. The third-order valence-electron chi connectivity index (χ3n) is 5.09. The quantitative estimate of drug-likeness (QED) is 0.260. The van der Waals surface area contributed by atoms with Gasteiger partial charge in [0.05, 0.1) is 9.79 Å². The lowest BCUT2D eigenvalue weighted by molar-refractivity contribution is 0.0887. The first kappa shape index (κ1) is 23.6. The van der Waals surface area contributed by atoms with Gasteiger partial charge in [0.25, 0.3) is 10.1 Å². The van der Waals surface area contributed by atoms with Crippen molar-refractivity contribution in [3.05, 3.63) is 121 Å². The molecule has 0 spiro atoms. The van der Waals surface area contributed by atoms with E-state index in [1.54, 1.807) is 24.3 Å². The van der Waals surface area contributed by atoms with Gasteiger partial charge >= 0.3 is 0 Å². The van der Waals surface area contributed by atoms with E-state index >= 15 is 0 Å². The lowest BCUT2D eigenvalue weighted by Gasteiger charge is -2.18. The van der Waals surface area contributed by atoms with Gasteiger partial charge in [-0.25, -0.2) is 12.6 Å². The Morgan fingerprint density at radius 2 is 1.00 bits per heavy atom. The zero-order chi connectivity index (χ0) is 24.2. The number of Topliss-reactive ketones (excluding diaryl/α,β-unsaturated/α-hetero) is 1. The number of hydrogen-bond acceptors (Lipinski definition) is 6. The second-order valence-corrected chi connectivity index (χ2v) is 10.9. The van der Waals surface area contributed by atoms with Crippen LogP contribution in [0.15, 0.2) is 125 Å². The SMILES string of the molecule is O=C(c1ccc(-c2ccccc2)cc1)C(OS(=O)(=O)c1ccccc1)S(=O)(=O)c1ccccc1. The zero-order valence-corrected chi connectivity index (χ0v) is 19.4. The van der Waals surface area contributed by atoms with Gasteiger partial charge in [-0.15, -0.1) is 0 Å². The van der Waals surface area contributed by atoms with Crippen LogP contribution in [-0.2, 0) is 24.1 Å². The topological polar surface area (TPSA) is 94.6 Å². The summed E-state index contributed by atoms with van der Waals surface area (Å²) in [6.45, 7) is 0. The number of hydrogen-bond donors (Lipinski definition) is 0. The first-order chi connectivity index (χ1) is 16.3. The molecule has 0 aliphatic carbocycles. The molecule has 0 saturated carbocycles. The van der Waals surface area contributed by atoms with E-state index in [4.69, 9.17) is 4.18 Å². The van der Waals surface area contributed by atoms with E-state index in [0.717, 1.165) is 11.1 Å². The minimum Gasteiger partial charge on any atom is -0.290 e. The highest BCUT2D eigenvalue weighted by Crippen LogP contribution is 2.26. The summed E-state index contributed by atoms with van der Waals surface area (Å²) < 4.78 is 57.5. The molecule has 172 valence electrons. The zero-order valence-electron chi connectivity index (χ0n) is 17.8. The normalized spacial score (nSPS) is 12.7. The van der Waals surface area contributed by atoms with Crippen molar-refractivity contribution in [2.24, 2.45) is 0 Å². The molecule has 0 aromatic heterocycles. The van der Waals surface area contributed by atoms with Crippen LogP contribution in [0.5, 0.6) is 0 Å². The first-order valence-electron chi connectivity index (χ1n) is 10.3. The number of rotatable bonds is 8. The van der Waals surface area contributed by atoms with E-state index in [1.165, 1.54) is 60.7 Å². The summed E-state index contributed by atoms with van der Waals surface area (Å²) in [5.41, 5.74) is -0.551. The van der Waals surface area contributed by atoms with Crippen molar-refractivity contribution in [3.8, 4) is 11.1 Å². The summed E-state index contributed by atoms with van der Waals surface area (Å²) in [7, 11) is -9.06. The van der Waals surface area contributed by atoms with E-state index in [0.29, 0.717) is 0 Å². The molecule has 0 aliphatic heterocycles. The number of carbonyl (C=O) groups excluding carboxylic acids is 1. The van der Waals surface area contributed by atoms with E-state index < -0.39 is 31.2 Å². The monoisotopic (exact) mass is 492 g/mol. The maximum Gasteiger partial charge on any atom is 0.298 e. The molecule has 0 heterocycles. The summed E-state index contributed by atoms with van der Waals surface area (Å²) in [6, 6.07) is 29.9. The fraction of sp³-hybridized carbons (Fsp3) is 0.0385. The minimum absolute atomic E-state index is 0.00690. The number of sulfone groups is 1. The molecule has 8 heteroatoms. The van der Waals surface area contributed by atoms with Crippen LogP contribution in [-0.4, -0.2) is 28.1 Å². The molecular weight excluding hydrogens is 472 g/mol. The van der Waals surface area contributed by atoms with Crippen LogP contribution >= 0.6 is 0 Å². The second-order valence-electron chi connectivity index (χ2n) is 7.36. The third kappa shape index (κ3) is 4.99. The Kier molecular flexibility index (Phi) is 6.74. The van der Waals surface area contributed by atoms with Gasteiger partial charge in [-0.2, -0.15) is 8.42 Å².